The molecule has 1 N–H and O–H groups in total. The third-order valence-electron chi connectivity index (χ3n) is 2.09. The number of hydrogen-bond donors (Lipinski definition) is 1. The Kier molecular flexibility index (Phi) is 3.28. The van der Waals surface area contributed by atoms with Gasteiger partial charge in [0.15, 0.2) is 0 Å². The van der Waals surface area contributed by atoms with E-state index in [0.717, 1.165) is 5.82 Å². The van der Waals surface area contributed by atoms with Crippen molar-refractivity contribution in [3.05, 3.63) is 18.2 Å². The van der Waals surface area contributed by atoms with E-state index in [0.29, 0.717) is 0 Å². The van der Waals surface area contributed by atoms with Crippen molar-refractivity contribution in [2.24, 2.45) is 0 Å². The second kappa shape index (κ2) is 4.26. The molecule has 1 unspecified atom stereocenters. The predicted octanol–water partition coefficient (Wildman–Crippen LogP) is 1.28. The van der Waals surface area contributed by atoms with Crippen molar-refractivity contribution in [2.75, 3.05) is 0 Å². The van der Waals surface area contributed by atoms with Gasteiger partial charge < -0.3 is 9.88 Å². The zero-order valence-electron chi connectivity index (χ0n) is 9.11. The molecule has 0 fully saturated rings. The van der Waals surface area contributed by atoms with Crippen LogP contribution in [0.3, 0.4) is 0 Å². The molecule has 0 bridgehead atoms. The molecule has 1 aromatic heterocycles. The molecular formula is C10H17N3O. The first-order chi connectivity index (χ1) is 6.52. The van der Waals surface area contributed by atoms with Gasteiger partial charge in [-0.05, 0) is 27.7 Å². The fourth-order valence-corrected chi connectivity index (χ4v) is 1.33. The molecule has 78 valence electrons. The van der Waals surface area contributed by atoms with Crippen molar-refractivity contribution >= 4 is 5.91 Å². The van der Waals surface area contributed by atoms with Crippen LogP contribution < -0.4 is 5.32 Å². The number of rotatable bonds is 3. The molecule has 0 radical (unpaired) electrons. The van der Waals surface area contributed by atoms with Crippen LogP contribution in [0.25, 0.3) is 0 Å². The summed E-state index contributed by atoms with van der Waals surface area (Å²) in [5.74, 6) is 0.887. The largest absolute Gasteiger partial charge is 0.352 e. The summed E-state index contributed by atoms with van der Waals surface area (Å²) < 4.78 is 1.86. The summed E-state index contributed by atoms with van der Waals surface area (Å²) in [4.78, 5) is 15.7. The molecule has 1 heterocycles. The van der Waals surface area contributed by atoms with Crippen molar-refractivity contribution in [1.29, 1.82) is 0 Å². The third-order valence-corrected chi connectivity index (χ3v) is 2.09. The van der Waals surface area contributed by atoms with Gasteiger partial charge in [0.1, 0.15) is 11.9 Å². The SMILES string of the molecule is Cc1nccn1C(C)C(=O)NC(C)C. The monoisotopic (exact) mass is 195 g/mol. The molecule has 0 aliphatic carbocycles. The van der Waals surface area contributed by atoms with Gasteiger partial charge in [0.2, 0.25) is 5.91 Å². The summed E-state index contributed by atoms with van der Waals surface area (Å²) >= 11 is 0. The third kappa shape index (κ3) is 2.34. The van der Waals surface area contributed by atoms with E-state index in [1.165, 1.54) is 0 Å². The Labute approximate surface area is 84.3 Å². The number of carbonyl (C=O) groups excluding carboxylic acids is 1. The van der Waals surface area contributed by atoms with E-state index >= 15 is 0 Å². The first-order valence-corrected chi connectivity index (χ1v) is 4.82. The zero-order valence-corrected chi connectivity index (χ0v) is 9.11. The molecule has 4 heteroatoms. The molecular weight excluding hydrogens is 178 g/mol. The van der Waals surface area contributed by atoms with Crippen LogP contribution in [-0.4, -0.2) is 21.5 Å². The highest BCUT2D eigenvalue weighted by Gasteiger charge is 2.16. The predicted molar refractivity (Wildman–Crippen MR) is 55.0 cm³/mol. The number of aryl methyl sites for hydroxylation is 1. The maximum absolute atomic E-state index is 11.6. The number of nitrogens with one attached hydrogen (secondary N) is 1. The van der Waals surface area contributed by atoms with Crippen molar-refractivity contribution < 1.29 is 4.79 Å². The van der Waals surface area contributed by atoms with Gasteiger partial charge in [-0.1, -0.05) is 0 Å². The highest BCUT2D eigenvalue weighted by Crippen LogP contribution is 2.08. The lowest BCUT2D eigenvalue weighted by atomic mass is 10.2. The number of nitrogens with zero attached hydrogens (tertiary/aromatic N) is 2. The van der Waals surface area contributed by atoms with Crippen LogP contribution in [0.5, 0.6) is 0 Å². The summed E-state index contributed by atoms with van der Waals surface area (Å²) in [5, 5.41) is 2.87. The Balaban J connectivity index is 2.71. The molecule has 1 atom stereocenters. The smallest absolute Gasteiger partial charge is 0.243 e. The van der Waals surface area contributed by atoms with Gasteiger partial charge in [0, 0.05) is 18.4 Å². The van der Waals surface area contributed by atoms with Crippen LogP contribution >= 0.6 is 0 Å². The maximum Gasteiger partial charge on any atom is 0.243 e. The standard InChI is InChI=1S/C10H17N3O/c1-7(2)12-10(14)8(3)13-6-5-11-9(13)4/h5-8H,1-4H3,(H,12,14). The van der Waals surface area contributed by atoms with Crippen molar-refractivity contribution in [2.45, 2.75) is 39.8 Å². The Morgan fingerprint density at radius 2 is 2.14 bits per heavy atom. The van der Waals surface area contributed by atoms with E-state index in [1.807, 2.05) is 38.5 Å². The summed E-state index contributed by atoms with van der Waals surface area (Å²) in [6.45, 7) is 7.66. The number of carbonyl (C=O) groups is 1. The summed E-state index contributed by atoms with van der Waals surface area (Å²) in [6, 6.07) is -0.0197. The Morgan fingerprint density at radius 1 is 1.50 bits per heavy atom. The zero-order chi connectivity index (χ0) is 10.7. The minimum Gasteiger partial charge on any atom is -0.352 e. The van der Waals surface area contributed by atoms with Crippen LogP contribution in [0.1, 0.15) is 32.6 Å². The topological polar surface area (TPSA) is 46.9 Å². The fourth-order valence-electron chi connectivity index (χ4n) is 1.33. The van der Waals surface area contributed by atoms with Gasteiger partial charge in [-0.25, -0.2) is 4.98 Å². The van der Waals surface area contributed by atoms with E-state index in [1.54, 1.807) is 6.20 Å². The van der Waals surface area contributed by atoms with Gasteiger partial charge in [-0.2, -0.15) is 0 Å². The minimum absolute atomic E-state index is 0.0288. The number of imidazole rings is 1. The highest BCUT2D eigenvalue weighted by molar-refractivity contribution is 5.80. The lowest BCUT2D eigenvalue weighted by molar-refractivity contribution is -0.124. The van der Waals surface area contributed by atoms with Gasteiger partial charge >= 0.3 is 0 Å². The molecule has 0 spiro atoms. The van der Waals surface area contributed by atoms with Gasteiger partial charge in [0.25, 0.3) is 0 Å². The van der Waals surface area contributed by atoms with Crippen molar-refractivity contribution in [3.63, 3.8) is 0 Å². The first kappa shape index (κ1) is 10.8. The molecule has 0 saturated carbocycles. The second-order valence-corrected chi connectivity index (χ2v) is 3.72. The van der Waals surface area contributed by atoms with Crippen molar-refractivity contribution in [1.82, 2.24) is 14.9 Å². The number of aromatic nitrogens is 2. The van der Waals surface area contributed by atoms with Crippen LogP contribution in [0.4, 0.5) is 0 Å². The number of amides is 1. The van der Waals surface area contributed by atoms with Crippen LogP contribution in [0.2, 0.25) is 0 Å². The molecule has 1 rings (SSSR count). The van der Waals surface area contributed by atoms with E-state index < -0.39 is 0 Å². The van der Waals surface area contributed by atoms with E-state index in [9.17, 15) is 4.79 Å². The average Bonchev–Trinajstić information content (AvgIpc) is 2.48. The van der Waals surface area contributed by atoms with E-state index in [2.05, 4.69) is 10.3 Å². The van der Waals surface area contributed by atoms with E-state index in [4.69, 9.17) is 0 Å². The lowest BCUT2D eigenvalue weighted by Gasteiger charge is -2.16. The lowest BCUT2D eigenvalue weighted by Crippen LogP contribution is -2.35. The van der Waals surface area contributed by atoms with E-state index in [-0.39, 0.29) is 18.0 Å². The molecule has 0 aliphatic heterocycles. The number of hydrogen-bond acceptors (Lipinski definition) is 2. The molecule has 14 heavy (non-hydrogen) atoms. The Bertz CT molecular complexity index is 317. The normalized spacial score (nSPS) is 12.9. The maximum atomic E-state index is 11.6. The molecule has 0 aromatic carbocycles. The van der Waals surface area contributed by atoms with Crippen LogP contribution in [0.15, 0.2) is 12.4 Å². The molecule has 0 aliphatic rings. The average molecular weight is 195 g/mol. The van der Waals surface area contributed by atoms with Crippen LogP contribution in [0, 0.1) is 6.92 Å². The summed E-state index contributed by atoms with van der Waals surface area (Å²) in [7, 11) is 0. The molecule has 1 aromatic rings. The van der Waals surface area contributed by atoms with Crippen molar-refractivity contribution in [3.8, 4) is 0 Å². The van der Waals surface area contributed by atoms with Gasteiger partial charge in [-0.15, -0.1) is 0 Å². The second-order valence-electron chi connectivity index (χ2n) is 3.72. The molecule has 0 saturated heterocycles. The minimum atomic E-state index is -0.195. The van der Waals surface area contributed by atoms with Gasteiger partial charge in [-0.3, -0.25) is 4.79 Å². The van der Waals surface area contributed by atoms with Crippen LogP contribution in [-0.2, 0) is 4.79 Å². The summed E-state index contributed by atoms with van der Waals surface area (Å²) in [5.41, 5.74) is 0. The Morgan fingerprint density at radius 3 is 2.57 bits per heavy atom. The molecule has 4 nitrogen and oxygen atoms in total. The van der Waals surface area contributed by atoms with Gasteiger partial charge in [0.05, 0.1) is 0 Å². The quantitative estimate of drug-likeness (QED) is 0.789. The fraction of sp³-hybridized carbons (Fsp3) is 0.600. The molecule has 1 amide bonds. The summed E-state index contributed by atoms with van der Waals surface area (Å²) in [6.07, 6.45) is 3.52. The first-order valence-electron chi connectivity index (χ1n) is 4.82. The highest BCUT2D eigenvalue weighted by atomic mass is 16.2. The Hall–Kier alpha value is -1.32.